The highest BCUT2D eigenvalue weighted by Gasteiger charge is 2.33. The third kappa shape index (κ3) is 3.75. The molecule has 3 rings (SSSR count). The topological polar surface area (TPSA) is 58.8 Å². The van der Waals surface area contributed by atoms with Gasteiger partial charge in [-0.15, -0.1) is 0 Å². The van der Waals surface area contributed by atoms with Crippen molar-refractivity contribution in [1.29, 1.82) is 0 Å². The third-order valence-electron chi connectivity index (χ3n) is 4.64. The molecule has 1 aromatic heterocycles. The van der Waals surface area contributed by atoms with Crippen LogP contribution in [-0.4, -0.2) is 60.6 Å². The van der Waals surface area contributed by atoms with Gasteiger partial charge in [0.1, 0.15) is 0 Å². The van der Waals surface area contributed by atoms with E-state index in [1.54, 1.807) is 25.8 Å². The number of nitrogens with zero attached hydrogens (tertiary/aromatic N) is 3. The Morgan fingerprint density at radius 1 is 1.32 bits per heavy atom. The molecule has 0 saturated carbocycles. The van der Waals surface area contributed by atoms with E-state index in [1.165, 1.54) is 5.56 Å². The molecule has 25 heavy (non-hydrogen) atoms. The zero-order valence-corrected chi connectivity index (χ0v) is 15.2. The minimum Gasteiger partial charge on any atom is -0.436 e. The number of aryl methyl sites for hydroxylation is 2. The van der Waals surface area contributed by atoms with Crippen LogP contribution in [0.5, 0.6) is 0 Å². The molecule has 6 heteroatoms. The second kappa shape index (κ2) is 7.37. The fourth-order valence-corrected chi connectivity index (χ4v) is 3.39. The van der Waals surface area contributed by atoms with Crippen molar-refractivity contribution in [2.45, 2.75) is 26.0 Å². The molecule has 2 atom stereocenters. The highest BCUT2D eigenvalue weighted by molar-refractivity contribution is 5.92. The Morgan fingerprint density at radius 2 is 2.04 bits per heavy atom. The van der Waals surface area contributed by atoms with Crippen LogP contribution in [-0.2, 0) is 4.74 Å². The van der Waals surface area contributed by atoms with Crippen molar-refractivity contribution in [3.05, 3.63) is 53.2 Å². The van der Waals surface area contributed by atoms with Gasteiger partial charge in [0.25, 0.3) is 5.91 Å². The molecule has 0 spiro atoms. The molecule has 0 N–H and O–H groups in total. The van der Waals surface area contributed by atoms with Crippen LogP contribution in [0.25, 0.3) is 0 Å². The zero-order valence-electron chi connectivity index (χ0n) is 15.2. The number of likely N-dealkylation sites (N-methyl/N-ethyl adjacent to an activating group) is 2. The number of morpholine rings is 1. The van der Waals surface area contributed by atoms with Crippen molar-refractivity contribution in [2.24, 2.45) is 0 Å². The lowest BCUT2D eigenvalue weighted by molar-refractivity contribution is -0.0709. The summed E-state index contributed by atoms with van der Waals surface area (Å²) in [6.07, 6.45) is -0.0978. The fourth-order valence-electron chi connectivity index (χ4n) is 3.39. The lowest BCUT2D eigenvalue weighted by Crippen LogP contribution is -2.48. The van der Waals surface area contributed by atoms with Gasteiger partial charge in [0, 0.05) is 27.1 Å². The smallest absolute Gasteiger partial charge is 0.291 e. The molecule has 0 unspecified atom stereocenters. The highest BCUT2D eigenvalue weighted by atomic mass is 16.5. The van der Waals surface area contributed by atoms with E-state index in [1.807, 2.05) is 18.2 Å². The van der Waals surface area contributed by atoms with Crippen LogP contribution in [0.3, 0.4) is 0 Å². The Hall–Kier alpha value is -2.18. The van der Waals surface area contributed by atoms with Gasteiger partial charge in [0.15, 0.2) is 5.89 Å². The maximum Gasteiger partial charge on any atom is 0.291 e. The number of hydrogen-bond donors (Lipinski definition) is 0. The first-order valence-corrected chi connectivity index (χ1v) is 8.53. The average Bonchev–Trinajstić information content (AvgIpc) is 2.93. The molecular weight excluding hydrogens is 318 g/mol. The molecular formula is C19H25N3O3. The van der Waals surface area contributed by atoms with Crippen molar-refractivity contribution in [3.8, 4) is 0 Å². The van der Waals surface area contributed by atoms with E-state index in [0.29, 0.717) is 30.5 Å². The maximum atomic E-state index is 12.7. The van der Waals surface area contributed by atoms with E-state index in [9.17, 15) is 4.79 Å². The molecule has 1 saturated heterocycles. The summed E-state index contributed by atoms with van der Waals surface area (Å²) in [6.45, 7) is 5.55. The van der Waals surface area contributed by atoms with Crippen LogP contribution >= 0.6 is 0 Å². The van der Waals surface area contributed by atoms with Crippen LogP contribution in [0.2, 0.25) is 0 Å². The number of hydrogen-bond acceptors (Lipinski definition) is 5. The monoisotopic (exact) mass is 343 g/mol. The Kier molecular flexibility index (Phi) is 5.20. The first kappa shape index (κ1) is 17.6. The molecule has 1 aromatic carbocycles. The van der Waals surface area contributed by atoms with Gasteiger partial charge >= 0.3 is 0 Å². The number of rotatable bonds is 4. The normalized spacial score (nSPS) is 21.3. The predicted molar refractivity (Wildman–Crippen MR) is 94.5 cm³/mol. The molecule has 0 aliphatic carbocycles. The summed E-state index contributed by atoms with van der Waals surface area (Å²) in [6, 6.07) is 10.4. The second-order valence-corrected chi connectivity index (χ2v) is 6.58. The number of aromatic nitrogens is 1. The largest absolute Gasteiger partial charge is 0.436 e. The zero-order chi connectivity index (χ0) is 18.0. The minimum absolute atomic E-state index is 0.0978. The van der Waals surface area contributed by atoms with Gasteiger partial charge < -0.3 is 14.1 Å². The molecule has 1 aliphatic rings. The summed E-state index contributed by atoms with van der Waals surface area (Å²) in [5.41, 5.74) is 1.82. The van der Waals surface area contributed by atoms with Gasteiger partial charge in [-0.25, -0.2) is 4.98 Å². The van der Waals surface area contributed by atoms with Gasteiger partial charge in [0.2, 0.25) is 5.76 Å². The van der Waals surface area contributed by atoms with Crippen LogP contribution in [0.4, 0.5) is 0 Å². The third-order valence-corrected chi connectivity index (χ3v) is 4.64. The fraction of sp³-hybridized carbons (Fsp3) is 0.474. The van der Waals surface area contributed by atoms with E-state index >= 15 is 0 Å². The quantitative estimate of drug-likeness (QED) is 0.853. The number of amides is 1. The number of ether oxygens (including phenoxy) is 1. The predicted octanol–water partition coefficient (Wildman–Crippen LogP) is 2.44. The number of oxazole rings is 1. The molecule has 0 radical (unpaired) electrons. The minimum atomic E-state index is -0.165. The van der Waals surface area contributed by atoms with Crippen LogP contribution in [0.15, 0.2) is 34.7 Å². The van der Waals surface area contributed by atoms with Gasteiger partial charge in [0.05, 0.1) is 24.4 Å². The standard InChI is InChI=1S/C19H25N3O3/c1-13-18(25-14(2)20-13)19(23)22(4)12-16-17(21(3)10-11-24-16)15-8-6-5-7-9-15/h5-9,16-17H,10-12H2,1-4H3/t16-,17-/m0/s1. The number of benzene rings is 1. The first-order chi connectivity index (χ1) is 12.0. The van der Waals surface area contributed by atoms with Gasteiger partial charge in [-0.3, -0.25) is 9.69 Å². The van der Waals surface area contributed by atoms with Gasteiger partial charge in [-0.2, -0.15) is 0 Å². The summed E-state index contributed by atoms with van der Waals surface area (Å²) in [7, 11) is 3.87. The van der Waals surface area contributed by atoms with Crippen LogP contribution in [0.1, 0.15) is 33.7 Å². The maximum absolute atomic E-state index is 12.7. The lowest BCUT2D eigenvalue weighted by Gasteiger charge is -2.40. The van der Waals surface area contributed by atoms with E-state index in [-0.39, 0.29) is 18.1 Å². The first-order valence-electron chi connectivity index (χ1n) is 8.53. The number of carbonyl (C=O) groups excluding carboxylic acids is 1. The average molecular weight is 343 g/mol. The Bertz CT molecular complexity index is 729. The van der Waals surface area contributed by atoms with E-state index in [4.69, 9.17) is 9.15 Å². The molecule has 1 fully saturated rings. The SMILES string of the molecule is Cc1nc(C)c(C(=O)N(C)C[C@@H]2OCCN(C)[C@H]2c2ccccc2)o1. The number of carbonyl (C=O) groups is 1. The van der Waals surface area contributed by atoms with Crippen molar-refractivity contribution in [3.63, 3.8) is 0 Å². The Labute approximate surface area is 148 Å². The molecule has 2 aromatic rings. The molecule has 1 aliphatic heterocycles. The van der Waals surface area contributed by atoms with E-state index in [0.717, 1.165) is 6.54 Å². The van der Waals surface area contributed by atoms with Gasteiger partial charge in [-0.05, 0) is 19.5 Å². The van der Waals surface area contributed by atoms with Crippen molar-refractivity contribution in [1.82, 2.24) is 14.8 Å². The van der Waals surface area contributed by atoms with Crippen LogP contribution < -0.4 is 0 Å². The van der Waals surface area contributed by atoms with Crippen molar-refractivity contribution >= 4 is 5.91 Å². The molecule has 0 bridgehead atoms. The van der Waals surface area contributed by atoms with Crippen molar-refractivity contribution in [2.75, 3.05) is 33.8 Å². The summed E-state index contributed by atoms with van der Waals surface area (Å²) < 4.78 is 11.5. The Morgan fingerprint density at radius 3 is 2.68 bits per heavy atom. The molecule has 134 valence electrons. The summed E-state index contributed by atoms with van der Waals surface area (Å²) in [5.74, 6) is 0.646. The summed E-state index contributed by atoms with van der Waals surface area (Å²) in [4.78, 5) is 20.8. The summed E-state index contributed by atoms with van der Waals surface area (Å²) in [5, 5.41) is 0. The second-order valence-electron chi connectivity index (χ2n) is 6.58. The van der Waals surface area contributed by atoms with Crippen LogP contribution in [0, 0.1) is 13.8 Å². The lowest BCUT2D eigenvalue weighted by atomic mass is 9.98. The molecule has 2 heterocycles. The Balaban J connectivity index is 1.77. The molecule has 1 amide bonds. The van der Waals surface area contributed by atoms with E-state index < -0.39 is 0 Å². The summed E-state index contributed by atoms with van der Waals surface area (Å²) >= 11 is 0. The highest BCUT2D eigenvalue weighted by Crippen LogP contribution is 2.29. The van der Waals surface area contributed by atoms with E-state index in [2.05, 4.69) is 29.1 Å². The molecule has 6 nitrogen and oxygen atoms in total. The van der Waals surface area contributed by atoms with Crippen molar-refractivity contribution < 1.29 is 13.9 Å². The van der Waals surface area contributed by atoms with Gasteiger partial charge in [-0.1, -0.05) is 30.3 Å².